The number of sulfone groups is 1. The minimum atomic E-state index is -3.72. The van der Waals surface area contributed by atoms with Gasteiger partial charge in [-0.2, -0.15) is 0 Å². The number of hydrogen-bond donors (Lipinski definition) is 1. The lowest BCUT2D eigenvalue weighted by Gasteiger charge is -2.13. The fourth-order valence-electron chi connectivity index (χ4n) is 2.16. The predicted octanol–water partition coefficient (Wildman–Crippen LogP) is 1.98. The van der Waals surface area contributed by atoms with Gasteiger partial charge in [-0.3, -0.25) is 0 Å². The van der Waals surface area contributed by atoms with Gasteiger partial charge in [0.1, 0.15) is 22.9 Å². The molecule has 0 amide bonds. The van der Waals surface area contributed by atoms with Crippen LogP contribution in [0.25, 0.3) is 11.0 Å². The highest BCUT2D eigenvalue weighted by molar-refractivity contribution is 8.05. The van der Waals surface area contributed by atoms with Crippen LogP contribution in [0.1, 0.15) is 26.0 Å². The number of nitrogen functional groups attached to an aromatic ring is 1. The van der Waals surface area contributed by atoms with E-state index < -0.39 is 27.0 Å². The van der Waals surface area contributed by atoms with Crippen LogP contribution in [-0.2, 0) is 20.4 Å². The Hall–Kier alpha value is -2.16. The number of fused-ring (bicyclic) bond motifs is 1. The third kappa shape index (κ3) is 2.52. The van der Waals surface area contributed by atoms with Crippen LogP contribution < -0.4 is 5.73 Å². The molecule has 3 rings (SSSR count). The van der Waals surface area contributed by atoms with Gasteiger partial charge < -0.3 is 15.1 Å². The average Bonchev–Trinajstić information content (AvgIpc) is 2.95. The van der Waals surface area contributed by atoms with Gasteiger partial charge in [0.2, 0.25) is 9.84 Å². The predicted molar refractivity (Wildman–Crippen MR) is 78.2 cm³/mol. The van der Waals surface area contributed by atoms with Crippen molar-refractivity contribution in [1.29, 1.82) is 0 Å². The van der Waals surface area contributed by atoms with Crippen molar-refractivity contribution in [1.82, 2.24) is 5.16 Å². The van der Waals surface area contributed by atoms with E-state index in [1.54, 1.807) is 13.8 Å². The molecule has 1 aromatic carbocycles. The molecule has 0 saturated carbocycles. The van der Waals surface area contributed by atoms with Crippen molar-refractivity contribution in [2.24, 2.45) is 5.16 Å². The summed E-state index contributed by atoms with van der Waals surface area (Å²) in [7, 11) is -3.72. The Morgan fingerprint density at radius 3 is 2.77 bits per heavy atom. The van der Waals surface area contributed by atoms with Crippen molar-refractivity contribution in [3.8, 4) is 0 Å². The summed E-state index contributed by atoms with van der Waals surface area (Å²) in [5.41, 5.74) is 5.03. The summed E-state index contributed by atoms with van der Waals surface area (Å²) in [5, 5.41) is 7.55. The maximum absolute atomic E-state index is 13.6. The molecule has 2 heterocycles. The number of oxime groups is 1. The molecule has 1 aromatic heterocycles. The van der Waals surface area contributed by atoms with Gasteiger partial charge in [-0.05, 0) is 19.9 Å². The van der Waals surface area contributed by atoms with E-state index >= 15 is 0 Å². The molecular weight excluding hydrogens is 313 g/mol. The van der Waals surface area contributed by atoms with Crippen LogP contribution in [-0.4, -0.2) is 24.2 Å². The molecule has 0 aliphatic carbocycles. The van der Waals surface area contributed by atoms with Crippen molar-refractivity contribution in [3.63, 3.8) is 0 Å². The number of benzene rings is 1. The molecule has 0 bridgehead atoms. The van der Waals surface area contributed by atoms with Gasteiger partial charge in [-0.25, -0.2) is 12.8 Å². The molecule has 0 unspecified atom stereocenters. The molecule has 2 N–H and O–H groups in total. The first kappa shape index (κ1) is 14.8. The summed E-state index contributed by atoms with van der Waals surface area (Å²) in [6.45, 7) is 3.48. The zero-order chi connectivity index (χ0) is 16.1. The highest BCUT2D eigenvalue weighted by Gasteiger charge is 2.36. The Bertz CT molecular complexity index is 886. The number of nitrogens with zero attached hydrogens (tertiary/aromatic N) is 2. The van der Waals surface area contributed by atoms with E-state index in [9.17, 15) is 12.8 Å². The summed E-state index contributed by atoms with van der Waals surface area (Å²) in [5.74, 6) is -1.10. The largest absolute Gasteiger partial charge is 0.396 e. The van der Waals surface area contributed by atoms with Crippen LogP contribution in [0.3, 0.4) is 0 Å². The van der Waals surface area contributed by atoms with Gasteiger partial charge in [0.25, 0.3) is 0 Å². The number of nitrogens with two attached hydrogens (primary N) is 1. The molecule has 9 heteroatoms. The Morgan fingerprint density at radius 1 is 1.41 bits per heavy atom. The Balaban J connectivity index is 1.95. The number of anilines is 1. The molecule has 1 aliphatic heterocycles. The summed E-state index contributed by atoms with van der Waals surface area (Å²) in [6, 6.07) is 2.38. The lowest BCUT2D eigenvalue weighted by Crippen LogP contribution is -2.23. The quantitative estimate of drug-likeness (QED) is 0.845. The van der Waals surface area contributed by atoms with Gasteiger partial charge in [0, 0.05) is 17.9 Å². The maximum Gasteiger partial charge on any atom is 0.200 e. The normalized spacial score (nSPS) is 17.5. The minimum Gasteiger partial charge on any atom is -0.396 e. The second-order valence-electron chi connectivity index (χ2n) is 5.77. The third-order valence-electron chi connectivity index (χ3n) is 3.32. The molecule has 118 valence electrons. The number of rotatable bonds is 2. The molecule has 2 aromatic rings. The molecular formula is C13H14FN3O4S. The standard InChI is InChI=1S/C13H14FN3O4S/c1-13(2)5-12(17-21-13)22(18,19)6-10-7-3-8(14)9(15)4-11(7)20-16-10/h3-4H,5-6,15H2,1-2H3. The first-order chi connectivity index (χ1) is 10.2. The molecule has 0 atom stereocenters. The van der Waals surface area contributed by atoms with E-state index in [1.807, 2.05) is 0 Å². The number of aromatic nitrogens is 1. The second-order valence-corrected chi connectivity index (χ2v) is 7.76. The molecule has 7 nitrogen and oxygen atoms in total. The summed E-state index contributed by atoms with van der Waals surface area (Å²) in [6.07, 6.45) is 0.173. The van der Waals surface area contributed by atoms with Crippen LogP contribution in [0, 0.1) is 5.82 Å². The molecule has 0 saturated heterocycles. The van der Waals surface area contributed by atoms with E-state index in [1.165, 1.54) is 6.07 Å². The summed E-state index contributed by atoms with van der Waals surface area (Å²) in [4.78, 5) is 5.07. The van der Waals surface area contributed by atoms with E-state index in [0.29, 0.717) is 0 Å². The van der Waals surface area contributed by atoms with Crippen LogP contribution in [0.4, 0.5) is 10.1 Å². The van der Waals surface area contributed by atoms with E-state index in [2.05, 4.69) is 10.3 Å². The molecule has 0 fully saturated rings. The van der Waals surface area contributed by atoms with E-state index in [0.717, 1.165) is 6.07 Å². The van der Waals surface area contributed by atoms with E-state index in [4.69, 9.17) is 15.1 Å². The van der Waals surface area contributed by atoms with Crippen LogP contribution >= 0.6 is 0 Å². The van der Waals surface area contributed by atoms with Gasteiger partial charge in [0.15, 0.2) is 10.6 Å². The van der Waals surface area contributed by atoms with Crippen molar-refractivity contribution in [3.05, 3.63) is 23.6 Å². The summed E-state index contributed by atoms with van der Waals surface area (Å²) >= 11 is 0. The van der Waals surface area contributed by atoms with Gasteiger partial charge in [0.05, 0.1) is 5.69 Å². The van der Waals surface area contributed by atoms with Crippen molar-refractivity contribution in [2.45, 2.75) is 31.6 Å². The van der Waals surface area contributed by atoms with Gasteiger partial charge in [-0.1, -0.05) is 10.3 Å². The number of halogens is 1. The second kappa shape index (κ2) is 4.67. The Kier molecular flexibility index (Phi) is 3.13. The lowest BCUT2D eigenvalue weighted by atomic mass is 10.1. The Morgan fingerprint density at radius 2 is 2.14 bits per heavy atom. The van der Waals surface area contributed by atoms with Gasteiger partial charge in [-0.15, -0.1) is 0 Å². The molecule has 0 radical (unpaired) electrons. The molecule has 1 aliphatic rings. The third-order valence-corrected chi connectivity index (χ3v) is 4.91. The minimum absolute atomic E-state index is 0.0513. The first-order valence-corrected chi connectivity index (χ1v) is 8.14. The first-order valence-electron chi connectivity index (χ1n) is 6.49. The van der Waals surface area contributed by atoms with E-state index in [-0.39, 0.29) is 33.8 Å². The average molecular weight is 327 g/mol. The Labute approximate surface area is 125 Å². The topological polar surface area (TPSA) is 108 Å². The fourth-order valence-corrected chi connectivity index (χ4v) is 3.61. The van der Waals surface area contributed by atoms with Crippen molar-refractivity contribution in [2.75, 3.05) is 5.73 Å². The monoisotopic (exact) mass is 327 g/mol. The molecule has 0 spiro atoms. The van der Waals surface area contributed by atoms with Crippen molar-refractivity contribution >= 4 is 31.5 Å². The van der Waals surface area contributed by atoms with Crippen LogP contribution in [0.2, 0.25) is 0 Å². The van der Waals surface area contributed by atoms with Gasteiger partial charge >= 0.3 is 0 Å². The van der Waals surface area contributed by atoms with Crippen LogP contribution in [0.15, 0.2) is 21.8 Å². The highest BCUT2D eigenvalue weighted by Crippen LogP contribution is 2.29. The van der Waals surface area contributed by atoms with Crippen molar-refractivity contribution < 1.29 is 22.2 Å². The highest BCUT2D eigenvalue weighted by atomic mass is 32.2. The maximum atomic E-state index is 13.6. The summed E-state index contributed by atoms with van der Waals surface area (Å²) < 4.78 is 43.3. The SMILES string of the molecule is CC1(C)CC(S(=O)(=O)Cc2noc3cc(N)c(F)cc23)=NO1. The lowest BCUT2D eigenvalue weighted by molar-refractivity contribution is 0.0123. The number of hydrogen-bond acceptors (Lipinski definition) is 7. The zero-order valence-corrected chi connectivity index (χ0v) is 12.8. The zero-order valence-electron chi connectivity index (χ0n) is 12.0. The fraction of sp³-hybridized carbons (Fsp3) is 0.385. The smallest absolute Gasteiger partial charge is 0.200 e. The molecule has 22 heavy (non-hydrogen) atoms. The van der Waals surface area contributed by atoms with Crippen LogP contribution in [0.5, 0.6) is 0 Å².